The minimum absolute atomic E-state index is 0.136. The van der Waals surface area contributed by atoms with Gasteiger partial charge in [-0.3, -0.25) is 4.79 Å². The Morgan fingerprint density at radius 1 is 1.70 bits per heavy atom. The average Bonchev–Trinajstić information content (AvgIpc) is 1.86. The van der Waals surface area contributed by atoms with Gasteiger partial charge >= 0.3 is 12.0 Å². The minimum atomic E-state index is -4.36. The van der Waals surface area contributed by atoms with Gasteiger partial charge in [-0.25, -0.2) is 0 Å². The van der Waals surface area contributed by atoms with Crippen LogP contribution in [0.3, 0.4) is 0 Å². The molecule has 8 heteroatoms. The molecule has 1 N–H and O–H groups in total. The molecule has 5 nitrogen and oxygen atoms in total. The van der Waals surface area contributed by atoms with Crippen molar-refractivity contribution in [3.05, 3.63) is 10.4 Å². The van der Waals surface area contributed by atoms with E-state index in [0.717, 1.165) is 0 Å². The lowest BCUT2D eigenvalue weighted by Crippen LogP contribution is -2.33. The van der Waals surface area contributed by atoms with Gasteiger partial charge < -0.3 is 0 Å². The molecular weight excluding hydrogens is 153 g/mol. The van der Waals surface area contributed by atoms with Crippen molar-refractivity contribution in [2.24, 2.45) is 5.11 Å². The third-order valence-corrected chi connectivity index (χ3v) is 0.529. The zero-order chi connectivity index (χ0) is 8.20. The van der Waals surface area contributed by atoms with Crippen LogP contribution < -0.4 is 5.54 Å². The highest BCUT2D eigenvalue weighted by atomic mass is 19.3. The van der Waals surface area contributed by atoms with Crippen molar-refractivity contribution < 1.29 is 18.1 Å². The van der Waals surface area contributed by atoms with Crippen molar-refractivity contribution >= 4 is 5.91 Å². The van der Waals surface area contributed by atoms with E-state index in [1.165, 1.54) is 0 Å². The number of halogens is 3. The molecule has 0 saturated carbocycles. The molecule has 0 aromatic rings. The highest BCUT2D eigenvalue weighted by Crippen LogP contribution is 2.14. The Labute approximate surface area is 52.4 Å². The smallest absolute Gasteiger partial charge is 0.265 e. The second-order valence-electron chi connectivity index (χ2n) is 1.15. The first-order valence-electron chi connectivity index (χ1n) is 1.89. The first-order chi connectivity index (χ1) is 4.54. The highest BCUT2D eigenvalue weighted by Gasteiger charge is 2.37. The van der Waals surface area contributed by atoms with Crippen molar-refractivity contribution in [3.63, 3.8) is 0 Å². The van der Waals surface area contributed by atoms with Gasteiger partial charge in [0.2, 0.25) is 0 Å². The largest absolute Gasteiger partial charge is 0.404 e. The van der Waals surface area contributed by atoms with E-state index in [9.17, 15) is 18.1 Å². The molecule has 0 aliphatic carbocycles. The lowest BCUT2D eigenvalue weighted by molar-refractivity contribution is -0.149. The molecule has 0 spiro atoms. The minimum Gasteiger partial charge on any atom is -0.265 e. The number of hydrogen-bond acceptors (Lipinski definition) is 2. The zero-order valence-corrected chi connectivity index (χ0v) is 4.38. The summed E-state index contributed by atoms with van der Waals surface area (Å²) in [7, 11) is 0. The predicted molar refractivity (Wildman–Crippen MR) is 23.3 cm³/mol. The van der Waals surface area contributed by atoms with Gasteiger partial charge in [0.05, 0.1) is 0 Å². The number of amides is 1. The van der Waals surface area contributed by atoms with Gasteiger partial charge in [0.25, 0.3) is 0 Å². The van der Waals surface area contributed by atoms with Gasteiger partial charge in [-0.2, -0.15) is 14.3 Å². The summed E-state index contributed by atoms with van der Waals surface area (Å²) in [4.78, 5) is 11.3. The van der Waals surface area contributed by atoms with E-state index in [-0.39, 0.29) is 5.54 Å². The summed E-state index contributed by atoms with van der Waals surface area (Å²) in [5.41, 5.74) is 7.56. The Hall–Kier alpha value is -1.43. The van der Waals surface area contributed by atoms with Crippen LogP contribution >= 0.6 is 0 Å². The Bertz CT molecular complexity index is 185. The van der Waals surface area contributed by atoms with Crippen LogP contribution in [-0.2, 0) is 4.79 Å². The fourth-order valence-electron chi connectivity index (χ4n) is 0.158. The predicted octanol–water partition coefficient (Wildman–Crippen LogP) is 0.890. The molecule has 0 radical (unpaired) electrons. The number of nitrogens with one attached hydrogen (secondary N) is 1. The lowest BCUT2D eigenvalue weighted by Gasteiger charge is -2.02. The Balaban J connectivity index is 4.38. The van der Waals surface area contributed by atoms with Crippen LogP contribution in [0.4, 0.5) is 13.3 Å². The zero-order valence-electron chi connectivity index (χ0n) is 4.38. The van der Waals surface area contributed by atoms with Crippen molar-refractivity contribution in [2.75, 3.05) is 0 Å². The molecule has 0 aromatic heterocycles. The molecule has 0 rings (SSSR count). The number of carbonyl (C=O) groups excluding carboxylic acids is 1. The third-order valence-electron chi connectivity index (χ3n) is 0.529. The maximum absolute atomic E-state index is 11.7. The van der Waals surface area contributed by atoms with Crippen LogP contribution in [0.1, 0.15) is 0 Å². The molecule has 10 heavy (non-hydrogen) atoms. The van der Waals surface area contributed by atoms with Crippen LogP contribution in [0.25, 0.3) is 10.4 Å². The summed E-state index contributed by atoms with van der Waals surface area (Å²) in [6, 6.07) is -4.36. The first-order valence-corrected chi connectivity index (χ1v) is 1.89. The Morgan fingerprint density at radius 3 is 2.50 bits per heavy atom. The monoisotopic (exact) mass is 154 g/mol. The van der Waals surface area contributed by atoms with E-state index in [1.807, 2.05) is 0 Å². The lowest BCUT2D eigenvalue weighted by atomic mass is 10.5. The van der Waals surface area contributed by atoms with Gasteiger partial charge in [0, 0.05) is 4.91 Å². The molecule has 56 valence electrons. The van der Waals surface area contributed by atoms with Crippen LogP contribution in [0, 0.1) is 0 Å². The van der Waals surface area contributed by atoms with Crippen molar-refractivity contribution in [2.45, 2.75) is 6.05 Å². The van der Waals surface area contributed by atoms with E-state index in [1.54, 1.807) is 10.0 Å². The standard InChI is InChI=1S/C2HF3N4O/c3-2(4,8-9-6)1(10)7-5/h(H,7,10). The molecule has 1 amide bonds. The summed E-state index contributed by atoms with van der Waals surface area (Å²) in [5, 5.41) is 1.72. The number of nitrogens with zero attached hydrogens (tertiary/aromatic N) is 3. The van der Waals surface area contributed by atoms with Gasteiger partial charge in [-0.05, 0) is 10.6 Å². The van der Waals surface area contributed by atoms with Crippen LogP contribution in [-0.4, -0.2) is 12.0 Å². The maximum Gasteiger partial charge on any atom is 0.404 e. The first kappa shape index (κ1) is 8.57. The molecule has 0 heterocycles. The molecule has 0 unspecified atom stereocenters. The number of azide groups is 1. The summed E-state index contributed by atoms with van der Waals surface area (Å²) >= 11 is 0. The van der Waals surface area contributed by atoms with Gasteiger partial charge in [-0.15, -0.1) is 4.48 Å². The fourth-order valence-corrected chi connectivity index (χ4v) is 0.158. The highest BCUT2D eigenvalue weighted by molar-refractivity contribution is 5.81. The SMILES string of the molecule is [N-]=[N+]=NC(F)(F)C(=O)NF. The van der Waals surface area contributed by atoms with Crippen LogP contribution in [0.15, 0.2) is 5.11 Å². The molecule has 0 fully saturated rings. The van der Waals surface area contributed by atoms with Gasteiger partial charge in [-0.1, -0.05) is 0 Å². The van der Waals surface area contributed by atoms with Gasteiger partial charge in [0.1, 0.15) is 0 Å². The number of hydrogen-bond donors (Lipinski definition) is 1. The number of carbonyl (C=O) groups is 1. The summed E-state index contributed by atoms with van der Waals surface area (Å²) < 4.78 is 34.4. The van der Waals surface area contributed by atoms with E-state index in [0.29, 0.717) is 0 Å². The fraction of sp³-hybridized carbons (Fsp3) is 0.500. The molecule has 0 aromatic carbocycles. The average molecular weight is 154 g/mol. The van der Waals surface area contributed by atoms with Crippen LogP contribution in [0.2, 0.25) is 0 Å². The third kappa shape index (κ3) is 1.82. The second-order valence-corrected chi connectivity index (χ2v) is 1.15. The molecular formula is C2HF3N4O. The van der Waals surface area contributed by atoms with Gasteiger partial charge in [0.15, 0.2) is 0 Å². The molecule has 0 saturated heterocycles. The topological polar surface area (TPSA) is 77.9 Å². The molecule has 0 aliphatic heterocycles. The van der Waals surface area contributed by atoms with Crippen LogP contribution in [0.5, 0.6) is 0 Å². The van der Waals surface area contributed by atoms with Crippen molar-refractivity contribution in [3.8, 4) is 0 Å². The molecule has 0 bridgehead atoms. The van der Waals surface area contributed by atoms with Crippen molar-refractivity contribution in [1.29, 1.82) is 0 Å². The number of alkyl halides is 2. The Morgan fingerprint density at radius 2 is 2.20 bits per heavy atom. The summed E-state index contributed by atoms with van der Waals surface area (Å²) in [6.07, 6.45) is 0. The van der Waals surface area contributed by atoms with E-state index < -0.39 is 12.0 Å². The summed E-state index contributed by atoms with van der Waals surface area (Å²) in [6.45, 7) is 0. The maximum atomic E-state index is 11.7. The summed E-state index contributed by atoms with van der Waals surface area (Å²) in [5.74, 6) is -2.29. The van der Waals surface area contributed by atoms with E-state index in [4.69, 9.17) is 5.53 Å². The number of rotatable bonds is 2. The van der Waals surface area contributed by atoms with Crippen molar-refractivity contribution in [1.82, 2.24) is 5.54 Å². The quantitative estimate of drug-likeness (QED) is 0.207. The molecule has 0 aliphatic rings. The molecule has 0 atom stereocenters. The van der Waals surface area contributed by atoms with E-state index >= 15 is 0 Å². The van der Waals surface area contributed by atoms with E-state index in [2.05, 4.69) is 0 Å². The normalized spacial score (nSPS) is 9.90. The second kappa shape index (κ2) is 2.92. The Kier molecular flexibility index (Phi) is 2.51.